The Kier molecular flexibility index (Phi) is 29.8. The van der Waals surface area contributed by atoms with Crippen molar-refractivity contribution in [3.63, 3.8) is 0 Å². The van der Waals surface area contributed by atoms with E-state index in [1.165, 1.54) is 77.0 Å². The summed E-state index contributed by atoms with van der Waals surface area (Å²) in [4.78, 5) is 22.2. The van der Waals surface area contributed by atoms with Gasteiger partial charge in [0.25, 0.3) is 0 Å². The molecule has 0 spiro atoms. The first-order valence-corrected chi connectivity index (χ1v) is 13.2. The predicted molar refractivity (Wildman–Crippen MR) is 136 cm³/mol. The molecule has 0 fully saturated rings. The van der Waals surface area contributed by atoms with Gasteiger partial charge in [0.05, 0.1) is 6.61 Å². The lowest BCUT2D eigenvalue weighted by molar-refractivity contribution is -0.280. The fraction of sp³-hybridized carbons (Fsp3) is 0.962. The first-order valence-electron chi connectivity index (χ1n) is 13.2. The molecule has 1 unspecified atom stereocenters. The van der Waals surface area contributed by atoms with Crippen LogP contribution >= 0.6 is 0 Å². The van der Waals surface area contributed by atoms with Gasteiger partial charge in [-0.05, 0) is 19.3 Å². The van der Waals surface area contributed by atoms with Crippen LogP contribution in [0.15, 0.2) is 0 Å². The van der Waals surface area contributed by atoms with Gasteiger partial charge in [-0.25, -0.2) is 4.79 Å². The molecule has 0 aromatic heterocycles. The van der Waals surface area contributed by atoms with Crippen LogP contribution in [0, 0.1) is 0 Å². The van der Waals surface area contributed by atoms with E-state index in [-0.39, 0.29) is 23.3 Å². The Hall–Kier alpha value is -0.0775. The van der Waals surface area contributed by atoms with E-state index in [1.54, 1.807) is 0 Å². The minimum atomic E-state index is -0.476. The number of rotatable bonds is 24. The van der Waals surface area contributed by atoms with E-state index in [4.69, 9.17) is 14.5 Å². The molecule has 0 N–H and O–H groups in total. The standard InChI is InChI=1S/C26H52O4.Al.3H/c1-4-7-10-11-12-13-14-15-16-17-18-19-20-21-22-25(28-23-8-5-2)26(27)30-29-24-9-6-3;;;;/h25H,4-24H2,1-3H3;;;;. The van der Waals surface area contributed by atoms with Crippen molar-refractivity contribution in [2.75, 3.05) is 13.2 Å². The molecule has 0 aromatic carbocycles. The van der Waals surface area contributed by atoms with Crippen LogP contribution in [0.1, 0.15) is 143 Å². The van der Waals surface area contributed by atoms with Crippen LogP contribution in [-0.4, -0.2) is 42.6 Å². The van der Waals surface area contributed by atoms with Crippen LogP contribution in [0.2, 0.25) is 0 Å². The molecule has 0 aromatic rings. The summed E-state index contributed by atoms with van der Waals surface area (Å²) in [7, 11) is 0. The Balaban J connectivity index is 0. The number of ether oxygens (including phenoxy) is 1. The Morgan fingerprint density at radius 1 is 0.581 bits per heavy atom. The topological polar surface area (TPSA) is 44.8 Å². The second-order valence-electron chi connectivity index (χ2n) is 8.68. The highest BCUT2D eigenvalue weighted by Crippen LogP contribution is 2.15. The van der Waals surface area contributed by atoms with E-state index in [1.807, 2.05) is 0 Å². The maximum Gasteiger partial charge on any atom is 0.370 e. The van der Waals surface area contributed by atoms with Crippen molar-refractivity contribution >= 4 is 23.3 Å². The second-order valence-corrected chi connectivity index (χ2v) is 8.68. The molecule has 0 amide bonds. The molecular formula is C26H55AlO4. The minimum Gasteiger partial charge on any atom is -0.366 e. The highest BCUT2D eigenvalue weighted by molar-refractivity contribution is 5.75. The van der Waals surface area contributed by atoms with Crippen molar-refractivity contribution in [3.8, 4) is 0 Å². The van der Waals surface area contributed by atoms with Gasteiger partial charge >= 0.3 is 5.97 Å². The Morgan fingerprint density at radius 3 is 1.48 bits per heavy atom. The van der Waals surface area contributed by atoms with Crippen LogP contribution in [0.5, 0.6) is 0 Å². The zero-order valence-electron chi connectivity index (χ0n) is 20.6. The lowest BCUT2D eigenvalue weighted by Crippen LogP contribution is -2.27. The monoisotopic (exact) mass is 458 g/mol. The van der Waals surface area contributed by atoms with Gasteiger partial charge in [0, 0.05) is 6.61 Å². The Labute approximate surface area is 204 Å². The van der Waals surface area contributed by atoms with Crippen molar-refractivity contribution in [1.82, 2.24) is 0 Å². The highest BCUT2D eigenvalue weighted by Gasteiger charge is 2.21. The molecule has 186 valence electrons. The maximum absolute atomic E-state index is 12.2. The third-order valence-electron chi connectivity index (χ3n) is 5.62. The predicted octanol–water partition coefficient (Wildman–Crippen LogP) is 7.13. The van der Waals surface area contributed by atoms with Crippen LogP contribution in [0.3, 0.4) is 0 Å². The molecule has 5 heteroatoms. The van der Waals surface area contributed by atoms with Crippen LogP contribution in [0.4, 0.5) is 0 Å². The summed E-state index contributed by atoms with van der Waals surface area (Å²) >= 11 is 0. The maximum atomic E-state index is 12.2. The van der Waals surface area contributed by atoms with Gasteiger partial charge in [0.15, 0.2) is 23.5 Å². The van der Waals surface area contributed by atoms with Crippen molar-refractivity contribution in [2.45, 2.75) is 149 Å². The van der Waals surface area contributed by atoms with E-state index in [2.05, 4.69) is 20.8 Å². The molecular weight excluding hydrogens is 403 g/mol. The third kappa shape index (κ3) is 24.4. The molecule has 0 radical (unpaired) electrons. The average Bonchev–Trinajstić information content (AvgIpc) is 2.75. The van der Waals surface area contributed by atoms with E-state index >= 15 is 0 Å². The van der Waals surface area contributed by atoms with E-state index in [0.29, 0.717) is 13.2 Å². The van der Waals surface area contributed by atoms with Crippen molar-refractivity contribution in [2.24, 2.45) is 0 Å². The zero-order chi connectivity index (χ0) is 22.1. The van der Waals surface area contributed by atoms with Gasteiger partial charge in [0.2, 0.25) is 0 Å². The van der Waals surface area contributed by atoms with Crippen LogP contribution < -0.4 is 0 Å². The fourth-order valence-corrected chi connectivity index (χ4v) is 3.52. The largest absolute Gasteiger partial charge is 0.370 e. The van der Waals surface area contributed by atoms with Crippen LogP contribution in [0.25, 0.3) is 0 Å². The summed E-state index contributed by atoms with van der Waals surface area (Å²) in [6.07, 6.45) is 22.9. The molecule has 0 saturated carbocycles. The summed E-state index contributed by atoms with van der Waals surface area (Å²) in [6.45, 7) is 7.56. The SMILES string of the molecule is CCCCCCCCCCCCCCCCC(OCCCC)C(=O)OOCCCC.[AlH3]. The lowest BCUT2D eigenvalue weighted by Gasteiger charge is -2.15. The molecule has 0 aliphatic rings. The molecule has 4 nitrogen and oxygen atoms in total. The lowest BCUT2D eigenvalue weighted by atomic mass is 10.0. The van der Waals surface area contributed by atoms with Gasteiger partial charge in [0.1, 0.15) is 0 Å². The summed E-state index contributed by atoms with van der Waals surface area (Å²) in [5.74, 6) is -0.364. The fourth-order valence-electron chi connectivity index (χ4n) is 3.52. The number of hydrogen-bond acceptors (Lipinski definition) is 4. The highest BCUT2D eigenvalue weighted by atomic mass is 27.0. The van der Waals surface area contributed by atoms with Crippen molar-refractivity contribution in [1.29, 1.82) is 0 Å². The van der Waals surface area contributed by atoms with Gasteiger partial charge < -0.3 is 4.74 Å². The zero-order valence-corrected chi connectivity index (χ0v) is 20.6. The normalized spacial score (nSPS) is 11.8. The summed E-state index contributed by atoms with van der Waals surface area (Å²) in [5.41, 5.74) is 0. The molecule has 0 aliphatic heterocycles. The molecule has 0 rings (SSSR count). The number of carbonyl (C=O) groups is 1. The summed E-state index contributed by atoms with van der Waals surface area (Å²) < 4.78 is 5.76. The number of carbonyl (C=O) groups excluding carboxylic acids is 1. The smallest absolute Gasteiger partial charge is 0.366 e. The molecule has 0 aliphatic carbocycles. The summed E-state index contributed by atoms with van der Waals surface area (Å²) in [6, 6.07) is 0. The number of unbranched alkanes of at least 4 members (excludes halogenated alkanes) is 15. The quantitative estimate of drug-likeness (QED) is 0.0667. The molecule has 0 bridgehead atoms. The first kappa shape index (κ1) is 33.1. The molecule has 1 atom stereocenters. The molecule has 0 saturated heterocycles. The van der Waals surface area contributed by atoms with E-state index in [9.17, 15) is 4.79 Å². The Bertz CT molecular complexity index is 352. The van der Waals surface area contributed by atoms with E-state index in [0.717, 1.165) is 44.9 Å². The first-order chi connectivity index (χ1) is 14.8. The molecule has 31 heavy (non-hydrogen) atoms. The van der Waals surface area contributed by atoms with Crippen molar-refractivity contribution < 1.29 is 19.3 Å². The second kappa shape index (κ2) is 28.0. The summed E-state index contributed by atoms with van der Waals surface area (Å²) in [5, 5.41) is 0. The minimum absolute atomic E-state index is 0. The van der Waals surface area contributed by atoms with Gasteiger partial charge in [-0.15, -0.1) is 0 Å². The van der Waals surface area contributed by atoms with E-state index < -0.39 is 6.10 Å². The van der Waals surface area contributed by atoms with Crippen molar-refractivity contribution in [3.05, 3.63) is 0 Å². The third-order valence-corrected chi connectivity index (χ3v) is 5.62. The van der Waals surface area contributed by atoms with Gasteiger partial charge in [-0.3, -0.25) is 4.89 Å². The average molecular weight is 459 g/mol. The van der Waals surface area contributed by atoms with Gasteiger partial charge in [-0.2, -0.15) is 4.89 Å². The van der Waals surface area contributed by atoms with Gasteiger partial charge in [-0.1, -0.05) is 124 Å². The Morgan fingerprint density at radius 2 is 1.00 bits per heavy atom. The van der Waals surface area contributed by atoms with Crippen LogP contribution in [-0.2, 0) is 19.3 Å². The number of hydrogen-bond donors (Lipinski definition) is 0. The molecule has 0 heterocycles.